The number of cyclic esters (lactones) is 1. The molecule has 1 saturated heterocycles. The van der Waals surface area contributed by atoms with Crippen LogP contribution in [0.15, 0.2) is 30.3 Å². The molecule has 20 heavy (non-hydrogen) atoms. The summed E-state index contributed by atoms with van der Waals surface area (Å²) in [5.41, 5.74) is 1.11. The molecule has 0 saturated carbocycles. The van der Waals surface area contributed by atoms with Crippen LogP contribution < -0.4 is 0 Å². The molecule has 108 valence electrons. The van der Waals surface area contributed by atoms with Gasteiger partial charge in [-0.25, -0.2) is 4.79 Å². The minimum atomic E-state index is -0.755. The highest BCUT2D eigenvalue weighted by Gasteiger charge is 2.39. The molecule has 3 atom stereocenters. The lowest BCUT2D eigenvalue weighted by Gasteiger charge is -2.31. The molecule has 0 amide bonds. The molecule has 1 aromatic carbocycles. The molecule has 4 heteroatoms. The van der Waals surface area contributed by atoms with E-state index in [1.165, 1.54) is 0 Å². The lowest BCUT2D eigenvalue weighted by atomic mass is 9.85. The second kappa shape index (κ2) is 6.55. The maximum atomic E-state index is 12.0. The Morgan fingerprint density at radius 3 is 2.70 bits per heavy atom. The molecular weight excluding hydrogens is 256 g/mol. The average Bonchev–Trinajstić information content (AvgIpc) is 2.44. The third kappa shape index (κ3) is 3.38. The maximum Gasteiger partial charge on any atom is 0.347 e. The van der Waals surface area contributed by atoms with Crippen LogP contribution in [-0.2, 0) is 25.5 Å². The number of esters is 2. The first-order chi connectivity index (χ1) is 9.61. The summed E-state index contributed by atoms with van der Waals surface area (Å²) in [6.45, 7) is 3.96. The van der Waals surface area contributed by atoms with E-state index in [0.29, 0.717) is 19.4 Å². The van der Waals surface area contributed by atoms with Crippen LogP contribution >= 0.6 is 0 Å². The van der Waals surface area contributed by atoms with Crippen LogP contribution in [0.2, 0.25) is 0 Å². The van der Waals surface area contributed by atoms with Crippen molar-refractivity contribution in [2.75, 3.05) is 6.61 Å². The van der Waals surface area contributed by atoms with Gasteiger partial charge in [0.05, 0.1) is 12.5 Å². The largest absolute Gasteiger partial charge is 0.463 e. The maximum absolute atomic E-state index is 12.0. The fourth-order valence-corrected chi connectivity index (χ4v) is 2.58. The molecule has 0 unspecified atom stereocenters. The second-order valence-corrected chi connectivity index (χ2v) is 5.21. The zero-order chi connectivity index (χ0) is 14.5. The van der Waals surface area contributed by atoms with Crippen molar-refractivity contribution >= 4 is 11.9 Å². The average molecular weight is 276 g/mol. The quantitative estimate of drug-likeness (QED) is 0.792. The Labute approximate surface area is 119 Å². The molecule has 0 radical (unpaired) electrons. The van der Waals surface area contributed by atoms with Crippen LogP contribution in [0.3, 0.4) is 0 Å². The predicted octanol–water partition coefficient (Wildman–Crippen LogP) is 2.36. The zero-order valence-electron chi connectivity index (χ0n) is 11.9. The van der Waals surface area contributed by atoms with Crippen molar-refractivity contribution < 1.29 is 19.1 Å². The Balaban J connectivity index is 1.99. The van der Waals surface area contributed by atoms with Gasteiger partial charge in [0.15, 0.2) is 0 Å². The third-order valence-corrected chi connectivity index (χ3v) is 3.59. The monoisotopic (exact) mass is 276 g/mol. The van der Waals surface area contributed by atoms with Crippen LogP contribution in [0.25, 0.3) is 0 Å². The number of carbonyl (C=O) groups is 2. The Bertz CT molecular complexity index is 469. The van der Waals surface area contributed by atoms with E-state index in [4.69, 9.17) is 9.47 Å². The van der Waals surface area contributed by atoms with Gasteiger partial charge in [0, 0.05) is 5.92 Å². The van der Waals surface area contributed by atoms with Gasteiger partial charge in [-0.15, -0.1) is 0 Å². The molecule has 1 fully saturated rings. The van der Waals surface area contributed by atoms with Gasteiger partial charge < -0.3 is 9.47 Å². The van der Waals surface area contributed by atoms with E-state index in [9.17, 15) is 9.59 Å². The first-order valence-corrected chi connectivity index (χ1v) is 7.02. The lowest BCUT2D eigenvalue weighted by Crippen LogP contribution is -2.43. The van der Waals surface area contributed by atoms with E-state index in [2.05, 4.69) is 0 Å². The van der Waals surface area contributed by atoms with Crippen LogP contribution in [0.4, 0.5) is 0 Å². The Morgan fingerprint density at radius 1 is 1.35 bits per heavy atom. The molecule has 0 aliphatic carbocycles. The fourth-order valence-electron chi connectivity index (χ4n) is 2.58. The Morgan fingerprint density at radius 2 is 2.05 bits per heavy atom. The summed E-state index contributed by atoms with van der Waals surface area (Å²) in [4.78, 5) is 23.8. The zero-order valence-corrected chi connectivity index (χ0v) is 11.9. The molecular formula is C16H20O4. The number of hydrogen-bond acceptors (Lipinski definition) is 4. The van der Waals surface area contributed by atoms with Gasteiger partial charge in [0.25, 0.3) is 0 Å². The van der Waals surface area contributed by atoms with Gasteiger partial charge in [-0.1, -0.05) is 37.3 Å². The molecule has 0 spiro atoms. The molecule has 0 bridgehead atoms. The Hall–Kier alpha value is -1.84. The Kier molecular flexibility index (Phi) is 4.77. The second-order valence-electron chi connectivity index (χ2n) is 5.21. The van der Waals surface area contributed by atoms with Crippen LogP contribution in [-0.4, -0.2) is 24.6 Å². The molecule has 0 N–H and O–H groups in total. The molecule has 0 aromatic heterocycles. The van der Waals surface area contributed by atoms with E-state index in [1.807, 2.05) is 37.3 Å². The van der Waals surface area contributed by atoms with Crippen LogP contribution in [0.1, 0.15) is 25.8 Å². The van der Waals surface area contributed by atoms with Crippen molar-refractivity contribution in [3.05, 3.63) is 35.9 Å². The number of benzene rings is 1. The predicted molar refractivity (Wildman–Crippen MR) is 73.9 cm³/mol. The van der Waals surface area contributed by atoms with Crippen molar-refractivity contribution in [1.82, 2.24) is 0 Å². The van der Waals surface area contributed by atoms with Crippen molar-refractivity contribution in [1.29, 1.82) is 0 Å². The minimum Gasteiger partial charge on any atom is -0.463 e. The van der Waals surface area contributed by atoms with Gasteiger partial charge in [-0.3, -0.25) is 4.79 Å². The summed E-state index contributed by atoms with van der Waals surface area (Å²) < 4.78 is 10.2. The highest BCUT2D eigenvalue weighted by Crippen LogP contribution is 2.29. The smallest absolute Gasteiger partial charge is 0.347 e. The third-order valence-electron chi connectivity index (χ3n) is 3.59. The SMILES string of the molecule is CCOC(=O)[C@@H]1OC(=O)[C@H](Cc2ccccc2)C[C@@H]1C. The normalized spacial score (nSPS) is 25.9. The van der Waals surface area contributed by atoms with Crippen LogP contribution in [0, 0.1) is 11.8 Å². The number of carbonyl (C=O) groups excluding carboxylic acids is 2. The van der Waals surface area contributed by atoms with E-state index in [0.717, 1.165) is 5.56 Å². The van der Waals surface area contributed by atoms with Gasteiger partial charge >= 0.3 is 11.9 Å². The molecule has 1 aliphatic heterocycles. The van der Waals surface area contributed by atoms with Gasteiger partial charge in [0.1, 0.15) is 0 Å². The topological polar surface area (TPSA) is 52.6 Å². The van der Waals surface area contributed by atoms with Crippen molar-refractivity contribution in [2.24, 2.45) is 11.8 Å². The molecule has 2 rings (SSSR count). The summed E-state index contributed by atoms with van der Waals surface area (Å²) in [6, 6.07) is 9.84. The summed E-state index contributed by atoms with van der Waals surface area (Å²) in [7, 11) is 0. The number of ether oxygens (including phenoxy) is 2. The number of rotatable bonds is 4. The summed E-state index contributed by atoms with van der Waals surface area (Å²) >= 11 is 0. The van der Waals surface area contributed by atoms with Gasteiger partial charge in [-0.05, 0) is 25.3 Å². The molecule has 1 aromatic rings. The van der Waals surface area contributed by atoms with E-state index < -0.39 is 12.1 Å². The highest BCUT2D eigenvalue weighted by atomic mass is 16.6. The standard InChI is InChI=1S/C16H20O4/c1-3-19-16(18)14-11(2)9-13(15(17)20-14)10-12-7-5-4-6-8-12/h4-8,11,13-14H,3,9-10H2,1-2H3/t11-,13-,14+/m0/s1. The van der Waals surface area contributed by atoms with E-state index in [1.54, 1.807) is 6.92 Å². The van der Waals surface area contributed by atoms with Gasteiger partial charge in [0.2, 0.25) is 6.10 Å². The van der Waals surface area contributed by atoms with E-state index in [-0.39, 0.29) is 17.8 Å². The first kappa shape index (κ1) is 14.6. The summed E-state index contributed by atoms with van der Waals surface area (Å²) in [5, 5.41) is 0. The molecule has 1 aliphatic rings. The molecule has 1 heterocycles. The van der Waals surface area contributed by atoms with Crippen molar-refractivity contribution in [3.8, 4) is 0 Å². The van der Waals surface area contributed by atoms with E-state index >= 15 is 0 Å². The van der Waals surface area contributed by atoms with Crippen molar-refractivity contribution in [2.45, 2.75) is 32.8 Å². The lowest BCUT2D eigenvalue weighted by molar-refractivity contribution is -0.181. The summed E-state index contributed by atoms with van der Waals surface area (Å²) in [6.07, 6.45) is 0.547. The van der Waals surface area contributed by atoms with Gasteiger partial charge in [-0.2, -0.15) is 0 Å². The number of hydrogen-bond donors (Lipinski definition) is 0. The molecule has 4 nitrogen and oxygen atoms in total. The van der Waals surface area contributed by atoms with Crippen LogP contribution in [0.5, 0.6) is 0 Å². The summed E-state index contributed by atoms with van der Waals surface area (Å²) in [5.74, 6) is -0.935. The highest BCUT2D eigenvalue weighted by molar-refractivity contribution is 5.82. The first-order valence-electron chi connectivity index (χ1n) is 7.02. The van der Waals surface area contributed by atoms with Crippen molar-refractivity contribution in [3.63, 3.8) is 0 Å². The fraction of sp³-hybridized carbons (Fsp3) is 0.500. The minimum absolute atomic E-state index is 0.0135.